The maximum Gasteiger partial charge on any atom is 0.185 e. The van der Waals surface area contributed by atoms with Crippen molar-refractivity contribution in [2.24, 2.45) is 11.8 Å². The summed E-state index contributed by atoms with van der Waals surface area (Å²) in [6.45, 7) is 8.91. The fourth-order valence-corrected chi connectivity index (χ4v) is 4.73. The van der Waals surface area contributed by atoms with Crippen LogP contribution in [0.1, 0.15) is 64.5 Å². The van der Waals surface area contributed by atoms with Gasteiger partial charge in [-0.1, -0.05) is 113 Å². The van der Waals surface area contributed by atoms with Crippen molar-refractivity contribution < 1.29 is 4.79 Å². The lowest BCUT2D eigenvalue weighted by Gasteiger charge is -2.15. The van der Waals surface area contributed by atoms with Crippen LogP contribution in [0.4, 0.5) is 0 Å². The van der Waals surface area contributed by atoms with Gasteiger partial charge in [-0.05, 0) is 82.3 Å². The van der Waals surface area contributed by atoms with Crippen LogP contribution in [-0.2, 0) is 4.79 Å². The third kappa shape index (κ3) is 6.40. The predicted molar refractivity (Wildman–Crippen MR) is 157 cm³/mol. The van der Waals surface area contributed by atoms with Gasteiger partial charge in [0.25, 0.3) is 0 Å². The first kappa shape index (κ1) is 25.6. The average Bonchev–Trinajstić information content (AvgIpc) is 2.88. The first-order chi connectivity index (χ1) is 17.4. The van der Waals surface area contributed by atoms with Crippen molar-refractivity contribution in [1.29, 1.82) is 0 Å². The van der Waals surface area contributed by atoms with E-state index in [9.17, 15) is 4.79 Å². The van der Waals surface area contributed by atoms with E-state index in [-0.39, 0.29) is 5.78 Å². The molecule has 0 aliphatic carbocycles. The first-order valence-electron chi connectivity index (χ1n) is 13.3. The van der Waals surface area contributed by atoms with Crippen LogP contribution in [-0.4, -0.2) is 5.78 Å². The van der Waals surface area contributed by atoms with Gasteiger partial charge in [0.15, 0.2) is 5.78 Å². The Morgan fingerprint density at radius 1 is 0.583 bits per heavy atom. The average molecular weight is 475 g/mol. The number of hydrogen-bond donors (Lipinski definition) is 0. The number of ketones is 1. The van der Waals surface area contributed by atoms with Crippen LogP contribution in [0, 0.1) is 11.8 Å². The standard InChI is InChI=1S/C35H38O/c1-25(2)19-21-31(23-29-15-9-13-27-11-5-7-17-33(27)29)35(36)32(22-20-26(3)4)24-30-16-10-14-28-12-6-8-18-34(28)30/h5-18,23-26H,19-22H2,1-4H3/b31-23+,32-24+. The summed E-state index contributed by atoms with van der Waals surface area (Å²) in [6.07, 6.45) is 7.86. The molecule has 0 heterocycles. The van der Waals surface area contributed by atoms with Gasteiger partial charge in [-0.15, -0.1) is 0 Å². The third-order valence-corrected chi connectivity index (χ3v) is 6.87. The molecule has 0 unspecified atom stereocenters. The molecule has 4 aromatic rings. The largest absolute Gasteiger partial charge is 0.289 e. The van der Waals surface area contributed by atoms with Crippen molar-refractivity contribution >= 4 is 39.5 Å². The van der Waals surface area contributed by atoms with E-state index in [0.717, 1.165) is 48.0 Å². The smallest absolute Gasteiger partial charge is 0.185 e. The highest BCUT2D eigenvalue weighted by Crippen LogP contribution is 2.29. The number of hydrogen-bond acceptors (Lipinski definition) is 1. The number of rotatable bonds is 10. The molecule has 36 heavy (non-hydrogen) atoms. The highest BCUT2D eigenvalue weighted by molar-refractivity contribution is 6.14. The predicted octanol–water partition coefficient (Wildman–Crippen LogP) is 9.90. The van der Waals surface area contributed by atoms with Crippen LogP contribution >= 0.6 is 0 Å². The van der Waals surface area contributed by atoms with Crippen molar-refractivity contribution in [2.45, 2.75) is 53.4 Å². The lowest BCUT2D eigenvalue weighted by atomic mass is 9.89. The molecule has 0 N–H and O–H groups in total. The molecule has 0 aromatic heterocycles. The zero-order chi connectivity index (χ0) is 25.5. The summed E-state index contributed by atoms with van der Waals surface area (Å²) in [5.41, 5.74) is 4.06. The van der Waals surface area contributed by atoms with E-state index in [1.165, 1.54) is 21.5 Å². The molecule has 0 spiro atoms. The van der Waals surface area contributed by atoms with Gasteiger partial charge >= 0.3 is 0 Å². The third-order valence-electron chi connectivity index (χ3n) is 6.87. The molecule has 4 rings (SSSR count). The second-order valence-corrected chi connectivity index (χ2v) is 10.7. The molecule has 0 amide bonds. The number of Topliss-reactive ketones (excluding diaryl/α,β-unsaturated/α-hetero) is 1. The van der Waals surface area contributed by atoms with E-state index in [1.54, 1.807) is 0 Å². The van der Waals surface area contributed by atoms with E-state index in [1.807, 2.05) is 0 Å². The Morgan fingerprint density at radius 3 is 1.39 bits per heavy atom. The molecule has 0 fully saturated rings. The summed E-state index contributed by atoms with van der Waals surface area (Å²) < 4.78 is 0. The maximum absolute atomic E-state index is 14.2. The Morgan fingerprint density at radius 2 is 0.972 bits per heavy atom. The second-order valence-electron chi connectivity index (χ2n) is 10.7. The Labute approximate surface area is 216 Å². The summed E-state index contributed by atoms with van der Waals surface area (Å²) in [7, 11) is 0. The second kappa shape index (κ2) is 12.0. The van der Waals surface area contributed by atoms with Crippen LogP contribution in [0.25, 0.3) is 33.7 Å². The first-order valence-corrected chi connectivity index (χ1v) is 13.3. The minimum absolute atomic E-state index is 0.192. The van der Waals surface area contributed by atoms with Crippen LogP contribution in [0.3, 0.4) is 0 Å². The minimum atomic E-state index is 0.192. The van der Waals surface area contributed by atoms with Gasteiger partial charge in [-0.3, -0.25) is 4.79 Å². The lowest BCUT2D eigenvalue weighted by molar-refractivity contribution is -0.112. The van der Waals surface area contributed by atoms with Crippen molar-refractivity contribution in [3.63, 3.8) is 0 Å². The fourth-order valence-electron chi connectivity index (χ4n) is 4.73. The molecule has 0 saturated heterocycles. The van der Waals surface area contributed by atoms with E-state index in [2.05, 4.69) is 125 Å². The molecule has 0 atom stereocenters. The summed E-state index contributed by atoms with van der Waals surface area (Å²) >= 11 is 0. The Hall–Kier alpha value is -3.45. The molecule has 0 aliphatic rings. The van der Waals surface area contributed by atoms with Crippen molar-refractivity contribution in [3.8, 4) is 0 Å². The van der Waals surface area contributed by atoms with Gasteiger partial charge < -0.3 is 0 Å². The van der Waals surface area contributed by atoms with Crippen molar-refractivity contribution in [1.82, 2.24) is 0 Å². The van der Waals surface area contributed by atoms with Crippen LogP contribution < -0.4 is 0 Å². The Kier molecular flexibility index (Phi) is 8.54. The molecule has 0 bridgehead atoms. The van der Waals surface area contributed by atoms with E-state index >= 15 is 0 Å². The molecule has 0 radical (unpaired) electrons. The van der Waals surface area contributed by atoms with Gasteiger partial charge in [0, 0.05) is 11.1 Å². The topological polar surface area (TPSA) is 17.1 Å². The van der Waals surface area contributed by atoms with Crippen molar-refractivity contribution in [2.75, 3.05) is 0 Å². The normalized spacial score (nSPS) is 12.7. The van der Waals surface area contributed by atoms with Crippen LogP contribution in [0.2, 0.25) is 0 Å². The highest BCUT2D eigenvalue weighted by Gasteiger charge is 2.17. The SMILES string of the molecule is CC(C)CC/C(=C\c1cccc2ccccc12)C(=O)/C(=C/c1cccc2ccccc12)CCC(C)C. The van der Waals surface area contributed by atoms with Crippen LogP contribution in [0.15, 0.2) is 96.1 Å². The number of fused-ring (bicyclic) bond motifs is 2. The van der Waals surface area contributed by atoms with E-state index in [4.69, 9.17) is 0 Å². The molecule has 184 valence electrons. The molecule has 1 nitrogen and oxygen atoms in total. The van der Waals surface area contributed by atoms with Gasteiger partial charge in [0.1, 0.15) is 0 Å². The molecule has 0 aliphatic heterocycles. The van der Waals surface area contributed by atoms with Crippen molar-refractivity contribution in [3.05, 3.63) is 107 Å². The lowest BCUT2D eigenvalue weighted by Crippen LogP contribution is -2.09. The zero-order valence-electron chi connectivity index (χ0n) is 22.1. The Balaban J connectivity index is 1.81. The van der Waals surface area contributed by atoms with Gasteiger partial charge in [0.2, 0.25) is 0 Å². The molecular formula is C35H38O. The van der Waals surface area contributed by atoms with Gasteiger partial charge in [-0.25, -0.2) is 0 Å². The van der Waals surface area contributed by atoms with E-state index < -0.39 is 0 Å². The van der Waals surface area contributed by atoms with Gasteiger partial charge in [0.05, 0.1) is 0 Å². The monoisotopic (exact) mass is 474 g/mol. The summed E-state index contributed by atoms with van der Waals surface area (Å²) in [4.78, 5) is 14.2. The molecule has 4 aromatic carbocycles. The number of benzene rings is 4. The quantitative estimate of drug-likeness (QED) is 0.209. The number of carbonyl (C=O) groups excluding carboxylic acids is 1. The molecule has 1 heteroatoms. The minimum Gasteiger partial charge on any atom is -0.289 e. The van der Waals surface area contributed by atoms with Gasteiger partial charge in [-0.2, -0.15) is 0 Å². The number of allylic oxidation sites excluding steroid dienone is 2. The van der Waals surface area contributed by atoms with Crippen LogP contribution in [0.5, 0.6) is 0 Å². The molecule has 0 saturated carbocycles. The maximum atomic E-state index is 14.2. The van der Waals surface area contributed by atoms with E-state index in [0.29, 0.717) is 11.8 Å². The summed E-state index contributed by atoms with van der Waals surface area (Å²) in [6, 6.07) is 29.6. The fraction of sp³-hybridized carbons (Fsp3) is 0.286. The highest BCUT2D eigenvalue weighted by atomic mass is 16.1. The summed E-state index contributed by atoms with van der Waals surface area (Å²) in [5, 5.41) is 4.79. The zero-order valence-corrected chi connectivity index (χ0v) is 22.1. The number of carbonyl (C=O) groups is 1. The summed E-state index contributed by atoms with van der Waals surface area (Å²) in [5.74, 6) is 1.27. The Bertz CT molecular complexity index is 1280. The molecular weight excluding hydrogens is 436 g/mol.